The molecule has 1 unspecified atom stereocenters. The maximum atomic E-state index is 12.2. The Morgan fingerprint density at radius 3 is 2.30 bits per heavy atom. The summed E-state index contributed by atoms with van der Waals surface area (Å²) in [7, 11) is 0. The lowest BCUT2D eigenvalue weighted by molar-refractivity contribution is -0.158. The van der Waals surface area contributed by atoms with E-state index in [2.05, 4.69) is 15.0 Å². The Hall–Kier alpha value is -2.70. The molecule has 0 saturated carbocycles. The Morgan fingerprint density at radius 1 is 0.975 bits per heavy atom. The molecule has 0 radical (unpaired) electrons. The number of halogens is 4. The second-order valence-electron chi connectivity index (χ2n) is 8.98. The Kier molecular flexibility index (Phi) is 8.96. The molecular formula is C26H23Cl4N5O5. The maximum Gasteiger partial charge on any atom is 0.303 e. The van der Waals surface area contributed by atoms with Gasteiger partial charge < -0.3 is 24.7 Å². The highest BCUT2D eigenvalue weighted by Crippen LogP contribution is 2.37. The first-order valence-electron chi connectivity index (χ1n) is 12.0. The summed E-state index contributed by atoms with van der Waals surface area (Å²) in [6, 6.07) is 10.2. The van der Waals surface area contributed by atoms with Crippen molar-refractivity contribution in [3.63, 3.8) is 0 Å². The van der Waals surface area contributed by atoms with Gasteiger partial charge in [0.1, 0.15) is 24.1 Å². The van der Waals surface area contributed by atoms with Crippen molar-refractivity contribution in [3.05, 3.63) is 80.3 Å². The summed E-state index contributed by atoms with van der Waals surface area (Å²) >= 11 is 24.7. The minimum atomic E-state index is -0.898. The van der Waals surface area contributed by atoms with E-state index in [0.29, 0.717) is 36.8 Å². The predicted octanol–water partition coefficient (Wildman–Crippen LogP) is 5.65. The van der Waals surface area contributed by atoms with Crippen molar-refractivity contribution in [1.82, 2.24) is 19.5 Å². The van der Waals surface area contributed by atoms with Crippen molar-refractivity contribution in [1.29, 1.82) is 0 Å². The molecule has 4 aromatic rings. The van der Waals surface area contributed by atoms with Gasteiger partial charge in [0, 0.05) is 27.0 Å². The molecule has 3 heterocycles. The zero-order valence-electron chi connectivity index (χ0n) is 21.0. The van der Waals surface area contributed by atoms with Gasteiger partial charge in [0.25, 0.3) is 0 Å². The van der Waals surface area contributed by atoms with Gasteiger partial charge in [-0.3, -0.25) is 9.36 Å². The number of nitrogens with zero attached hydrogens (tertiary/aromatic N) is 4. The van der Waals surface area contributed by atoms with Gasteiger partial charge in [-0.25, -0.2) is 15.0 Å². The van der Waals surface area contributed by atoms with Gasteiger partial charge in [-0.1, -0.05) is 58.5 Å². The van der Waals surface area contributed by atoms with E-state index in [1.807, 2.05) is 0 Å². The van der Waals surface area contributed by atoms with Crippen LogP contribution in [0.3, 0.4) is 0 Å². The predicted molar refractivity (Wildman–Crippen MR) is 150 cm³/mol. The molecule has 1 aliphatic rings. The second kappa shape index (κ2) is 12.4. The largest absolute Gasteiger partial charge is 0.455 e. The third-order valence-electron chi connectivity index (χ3n) is 6.25. The van der Waals surface area contributed by atoms with E-state index in [0.717, 1.165) is 5.56 Å². The Labute approximate surface area is 249 Å². The van der Waals surface area contributed by atoms with Gasteiger partial charge in [0.05, 0.1) is 26.1 Å². The number of carbonyl (C=O) groups is 1. The topological polar surface area (TPSA) is 124 Å². The van der Waals surface area contributed by atoms with Crippen LogP contribution in [0.4, 0.5) is 5.82 Å². The van der Waals surface area contributed by atoms with Crippen molar-refractivity contribution >= 4 is 69.4 Å². The Bertz CT molecular complexity index is 1540. The number of carbonyl (C=O) groups excluding carboxylic acids is 1. The first-order valence-corrected chi connectivity index (χ1v) is 13.6. The summed E-state index contributed by atoms with van der Waals surface area (Å²) in [6.07, 6.45) is -0.383. The van der Waals surface area contributed by atoms with Gasteiger partial charge in [-0.15, -0.1) is 0 Å². The summed E-state index contributed by atoms with van der Waals surface area (Å²) in [5, 5.41) is 1.93. The lowest BCUT2D eigenvalue weighted by Gasteiger charge is -2.25. The molecular weight excluding hydrogens is 604 g/mol. The summed E-state index contributed by atoms with van der Waals surface area (Å²) in [4.78, 5) is 24.8. The van der Waals surface area contributed by atoms with E-state index in [1.165, 1.54) is 19.6 Å². The number of nitrogen functional groups attached to an aromatic ring is 1. The summed E-state index contributed by atoms with van der Waals surface area (Å²) in [5.41, 5.74) is 8.21. The molecule has 210 valence electrons. The Morgan fingerprint density at radius 2 is 1.65 bits per heavy atom. The van der Waals surface area contributed by atoms with Crippen molar-refractivity contribution in [2.45, 2.75) is 44.7 Å². The normalized spacial score (nSPS) is 20.7. The summed E-state index contributed by atoms with van der Waals surface area (Å²) < 4.78 is 26.0. The third-order valence-corrected chi connectivity index (χ3v) is 7.42. The van der Waals surface area contributed by atoms with Crippen LogP contribution in [0.25, 0.3) is 11.2 Å². The zero-order valence-corrected chi connectivity index (χ0v) is 24.0. The minimum Gasteiger partial charge on any atom is -0.455 e. The molecule has 1 aliphatic heterocycles. The van der Waals surface area contributed by atoms with Gasteiger partial charge in [-0.05, 0) is 35.4 Å². The fourth-order valence-electron chi connectivity index (χ4n) is 4.39. The molecule has 40 heavy (non-hydrogen) atoms. The summed E-state index contributed by atoms with van der Waals surface area (Å²) in [5.74, 6) is -0.319. The van der Waals surface area contributed by atoms with Gasteiger partial charge in [-0.2, -0.15) is 0 Å². The Balaban J connectivity index is 1.43. The fourth-order valence-corrected chi connectivity index (χ4v) is 5.32. The quantitative estimate of drug-likeness (QED) is 0.235. The number of anilines is 1. The number of fused-ring (bicyclic) bond motifs is 1. The van der Waals surface area contributed by atoms with Gasteiger partial charge in [0.2, 0.25) is 0 Å². The molecule has 2 N–H and O–H groups in total. The average Bonchev–Trinajstić information content (AvgIpc) is 3.47. The standard InChI is InChI=1S/C26H23Cl4N5O5/c1-13(36)39-23-22(38-9-15-3-5-17(28)7-19(15)30)20(10-37-8-14-2-4-16(27)6-18(14)29)40-26(23)35-12-34-21-24(31)32-11-33-25(21)35/h2-7,11-12,20,22-23,26H,8-10H2,1H3,(H2,31,32,33)/t20-,22?,23+,26-/m1/s1. The number of imidazole rings is 1. The van der Waals surface area contributed by atoms with Gasteiger partial charge >= 0.3 is 5.97 Å². The van der Waals surface area contributed by atoms with Crippen LogP contribution in [0.1, 0.15) is 24.3 Å². The van der Waals surface area contributed by atoms with Crippen LogP contribution >= 0.6 is 46.4 Å². The first kappa shape index (κ1) is 28.8. The molecule has 0 aliphatic carbocycles. The van der Waals surface area contributed by atoms with Crippen molar-refractivity contribution in [2.24, 2.45) is 0 Å². The van der Waals surface area contributed by atoms with Crippen LogP contribution in [0.5, 0.6) is 0 Å². The highest BCUT2D eigenvalue weighted by atomic mass is 35.5. The van der Waals surface area contributed by atoms with E-state index in [4.69, 9.17) is 71.1 Å². The molecule has 10 nitrogen and oxygen atoms in total. The molecule has 0 amide bonds. The third kappa shape index (κ3) is 6.28. The smallest absolute Gasteiger partial charge is 0.303 e. The maximum absolute atomic E-state index is 12.2. The molecule has 0 bridgehead atoms. The van der Waals surface area contributed by atoms with Crippen LogP contribution in [0.15, 0.2) is 49.1 Å². The van der Waals surface area contributed by atoms with E-state index in [9.17, 15) is 4.79 Å². The fraction of sp³-hybridized carbons (Fsp3) is 0.308. The minimum absolute atomic E-state index is 0.0794. The molecule has 2 aromatic heterocycles. The number of hydrogen-bond acceptors (Lipinski definition) is 9. The van der Waals surface area contributed by atoms with Crippen LogP contribution < -0.4 is 5.73 Å². The number of benzene rings is 2. The number of hydrogen-bond donors (Lipinski definition) is 1. The van der Waals surface area contributed by atoms with Gasteiger partial charge in [0.15, 0.2) is 23.8 Å². The highest BCUT2D eigenvalue weighted by molar-refractivity contribution is 6.35. The molecule has 1 fully saturated rings. The summed E-state index contributed by atoms with van der Waals surface area (Å²) in [6.45, 7) is 1.67. The molecule has 0 spiro atoms. The average molecular weight is 627 g/mol. The molecule has 4 atom stereocenters. The van der Waals surface area contributed by atoms with Crippen LogP contribution in [-0.2, 0) is 37.0 Å². The number of ether oxygens (including phenoxy) is 4. The zero-order chi connectivity index (χ0) is 28.4. The van der Waals surface area contributed by atoms with Crippen LogP contribution in [0, 0.1) is 0 Å². The van der Waals surface area contributed by atoms with Crippen LogP contribution in [-0.4, -0.2) is 50.4 Å². The van der Waals surface area contributed by atoms with Crippen LogP contribution in [0.2, 0.25) is 20.1 Å². The number of aromatic nitrogens is 4. The van der Waals surface area contributed by atoms with Crippen molar-refractivity contribution in [2.75, 3.05) is 12.3 Å². The molecule has 2 aromatic carbocycles. The van der Waals surface area contributed by atoms with E-state index in [1.54, 1.807) is 41.0 Å². The first-order chi connectivity index (χ1) is 19.2. The molecule has 1 saturated heterocycles. The second-order valence-corrected chi connectivity index (χ2v) is 10.7. The molecule has 14 heteroatoms. The van der Waals surface area contributed by atoms with Crippen molar-refractivity contribution in [3.8, 4) is 0 Å². The lowest BCUT2D eigenvalue weighted by atomic mass is 10.1. The number of rotatable bonds is 9. The highest BCUT2D eigenvalue weighted by Gasteiger charge is 2.49. The van der Waals surface area contributed by atoms with E-state index < -0.39 is 30.5 Å². The molecule has 5 rings (SSSR count). The monoisotopic (exact) mass is 625 g/mol. The number of esters is 1. The van der Waals surface area contributed by atoms with E-state index in [-0.39, 0.29) is 25.6 Å². The lowest BCUT2D eigenvalue weighted by Crippen LogP contribution is -2.39. The van der Waals surface area contributed by atoms with E-state index >= 15 is 0 Å². The number of nitrogens with two attached hydrogens (primary N) is 1. The SMILES string of the molecule is CC(=O)O[C@H]1C(OCc2ccc(Cl)cc2Cl)[C@@H](COCc2ccc(Cl)cc2Cl)O[C@H]1n1cnc2c(N)ncnc21. The van der Waals surface area contributed by atoms with Crippen molar-refractivity contribution < 1.29 is 23.7 Å².